The van der Waals surface area contributed by atoms with Crippen molar-refractivity contribution in [3.63, 3.8) is 0 Å². The maximum atomic E-state index is 9.45. The third-order valence-electron chi connectivity index (χ3n) is 3.98. The van der Waals surface area contributed by atoms with Crippen LogP contribution in [0.3, 0.4) is 0 Å². The van der Waals surface area contributed by atoms with E-state index in [-0.39, 0.29) is 12.1 Å². The molecule has 0 spiro atoms. The molecule has 0 aromatic heterocycles. The minimum absolute atomic E-state index is 0.145. The van der Waals surface area contributed by atoms with Crippen LogP contribution in [-0.2, 0) is 0 Å². The summed E-state index contributed by atoms with van der Waals surface area (Å²) in [6.45, 7) is 14.8. The SMILES string of the molecule is CNC(C)(CO)CCN(CCC(C)C)CCC(C)C. The van der Waals surface area contributed by atoms with E-state index in [0.29, 0.717) is 0 Å². The van der Waals surface area contributed by atoms with Crippen molar-refractivity contribution in [2.45, 2.75) is 59.4 Å². The lowest BCUT2D eigenvalue weighted by Gasteiger charge is -2.31. The minimum Gasteiger partial charge on any atom is -0.394 e. The van der Waals surface area contributed by atoms with E-state index in [1.807, 2.05) is 7.05 Å². The lowest BCUT2D eigenvalue weighted by Crippen LogP contribution is -2.46. The molecule has 0 amide bonds. The summed E-state index contributed by atoms with van der Waals surface area (Å²) in [4.78, 5) is 2.56. The molecule has 0 aromatic rings. The lowest BCUT2D eigenvalue weighted by molar-refractivity contribution is 0.147. The van der Waals surface area contributed by atoms with Gasteiger partial charge < -0.3 is 15.3 Å². The third-order valence-corrected chi connectivity index (χ3v) is 3.98. The van der Waals surface area contributed by atoms with E-state index in [2.05, 4.69) is 44.8 Å². The highest BCUT2D eigenvalue weighted by Gasteiger charge is 2.21. The van der Waals surface area contributed by atoms with Gasteiger partial charge in [0.05, 0.1) is 6.61 Å². The van der Waals surface area contributed by atoms with Crippen LogP contribution < -0.4 is 5.32 Å². The number of aliphatic hydroxyl groups is 1. The van der Waals surface area contributed by atoms with Gasteiger partial charge in [0.15, 0.2) is 0 Å². The van der Waals surface area contributed by atoms with Crippen molar-refractivity contribution in [2.75, 3.05) is 33.3 Å². The largest absolute Gasteiger partial charge is 0.394 e. The molecule has 0 rings (SSSR count). The van der Waals surface area contributed by atoms with Crippen molar-refractivity contribution in [1.82, 2.24) is 10.2 Å². The number of rotatable bonds is 11. The van der Waals surface area contributed by atoms with Crippen LogP contribution in [0.25, 0.3) is 0 Å². The second kappa shape index (κ2) is 9.73. The molecule has 0 radical (unpaired) electrons. The van der Waals surface area contributed by atoms with E-state index in [0.717, 1.165) is 24.8 Å². The summed E-state index contributed by atoms with van der Waals surface area (Å²) in [5.41, 5.74) is -0.145. The van der Waals surface area contributed by atoms with Crippen molar-refractivity contribution >= 4 is 0 Å². The monoisotopic (exact) mass is 272 g/mol. The zero-order valence-electron chi connectivity index (χ0n) is 14.0. The molecule has 1 unspecified atom stereocenters. The summed E-state index contributed by atoms with van der Waals surface area (Å²) < 4.78 is 0. The zero-order chi connectivity index (χ0) is 14.9. The molecule has 0 saturated carbocycles. The number of aliphatic hydroxyl groups excluding tert-OH is 1. The molecule has 0 aliphatic rings. The summed E-state index contributed by atoms with van der Waals surface area (Å²) in [5, 5.41) is 12.7. The van der Waals surface area contributed by atoms with Gasteiger partial charge in [-0.25, -0.2) is 0 Å². The van der Waals surface area contributed by atoms with Gasteiger partial charge >= 0.3 is 0 Å². The van der Waals surface area contributed by atoms with Crippen molar-refractivity contribution < 1.29 is 5.11 Å². The Kier molecular flexibility index (Phi) is 9.67. The van der Waals surface area contributed by atoms with Gasteiger partial charge in [0, 0.05) is 5.54 Å². The fourth-order valence-corrected chi connectivity index (χ4v) is 1.90. The van der Waals surface area contributed by atoms with E-state index in [4.69, 9.17) is 0 Å². The van der Waals surface area contributed by atoms with Crippen molar-refractivity contribution in [2.24, 2.45) is 11.8 Å². The molecule has 0 bridgehead atoms. The van der Waals surface area contributed by atoms with E-state index in [9.17, 15) is 5.11 Å². The fourth-order valence-electron chi connectivity index (χ4n) is 1.90. The van der Waals surface area contributed by atoms with Gasteiger partial charge in [-0.05, 0) is 64.7 Å². The summed E-state index contributed by atoms with van der Waals surface area (Å²) in [5.74, 6) is 1.52. The van der Waals surface area contributed by atoms with Crippen molar-refractivity contribution in [3.05, 3.63) is 0 Å². The van der Waals surface area contributed by atoms with Gasteiger partial charge in [0.1, 0.15) is 0 Å². The fraction of sp³-hybridized carbons (Fsp3) is 1.00. The molecule has 3 heteroatoms. The standard InChI is InChI=1S/C16H36N2O/c1-14(2)7-10-18(11-8-15(3)4)12-9-16(5,13-19)17-6/h14-15,17,19H,7-13H2,1-6H3. The van der Waals surface area contributed by atoms with E-state index in [1.54, 1.807) is 0 Å². The molecule has 2 N–H and O–H groups in total. The molecule has 0 fully saturated rings. The highest BCUT2D eigenvalue weighted by molar-refractivity contribution is 4.82. The van der Waals surface area contributed by atoms with Crippen molar-refractivity contribution in [1.29, 1.82) is 0 Å². The Hall–Kier alpha value is -0.120. The van der Waals surface area contributed by atoms with Crippen LogP contribution in [0.15, 0.2) is 0 Å². The predicted molar refractivity (Wildman–Crippen MR) is 84.5 cm³/mol. The van der Waals surface area contributed by atoms with Crippen molar-refractivity contribution in [3.8, 4) is 0 Å². The number of nitrogens with zero attached hydrogens (tertiary/aromatic N) is 1. The Morgan fingerprint density at radius 3 is 1.79 bits per heavy atom. The topological polar surface area (TPSA) is 35.5 Å². The van der Waals surface area contributed by atoms with Crippen LogP contribution in [0.4, 0.5) is 0 Å². The molecule has 0 saturated heterocycles. The lowest BCUT2D eigenvalue weighted by atomic mass is 9.98. The molecule has 0 aliphatic heterocycles. The third kappa shape index (κ3) is 9.42. The summed E-state index contributed by atoms with van der Waals surface area (Å²) >= 11 is 0. The van der Waals surface area contributed by atoms with Gasteiger partial charge in [-0.3, -0.25) is 0 Å². The van der Waals surface area contributed by atoms with E-state index in [1.165, 1.54) is 25.9 Å². The maximum absolute atomic E-state index is 9.45. The summed E-state index contributed by atoms with van der Waals surface area (Å²) in [6.07, 6.45) is 3.51. The molecule has 0 aromatic carbocycles. The Labute approximate surface area is 120 Å². The van der Waals surface area contributed by atoms with Gasteiger partial charge in [-0.15, -0.1) is 0 Å². The molecule has 1 atom stereocenters. The van der Waals surface area contributed by atoms with Gasteiger partial charge in [-0.1, -0.05) is 27.7 Å². The maximum Gasteiger partial charge on any atom is 0.0610 e. The predicted octanol–water partition coefficient (Wildman–Crippen LogP) is 2.74. The van der Waals surface area contributed by atoms with Crippen LogP contribution in [0, 0.1) is 11.8 Å². The molecule has 116 valence electrons. The Morgan fingerprint density at radius 1 is 1.00 bits per heavy atom. The number of hydrogen-bond acceptors (Lipinski definition) is 3. The van der Waals surface area contributed by atoms with E-state index < -0.39 is 0 Å². The van der Waals surface area contributed by atoms with E-state index >= 15 is 0 Å². The zero-order valence-corrected chi connectivity index (χ0v) is 14.0. The van der Waals surface area contributed by atoms with Crippen LogP contribution in [-0.4, -0.2) is 48.8 Å². The van der Waals surface area contributed by atoms with Crippen LogP contribution in [0.1, 0.15) is 53.9 Å². The van der Waals surface area contributed by atoms with Crippen LogP contribution >= 0.6 is 0 Å². The van der Waals surface area contributed by atoms with Crippen LogP contribution in [0.5, 0.6) is 0 Å². The number of nitrogens with one attached hydrogen (secondary N) is 1. The molecular weight excluding hydrogens is 236 g/mol. The highest BCUT2D eigenvalue weighted by Crippen LogP contribution is 2.12. The first-order chi connectivity index (χ1) is 8.83. The second-order valence-electron chi connectivity index (χ2n) is 6.93. The van der Waals surface area contributed by atoms with Gasteiger partial charge in [0.2, 0.25) is 0 Å². The normalized spacial score (nSPS) is 15.5. The molecular formula is C16H36N2O. The average Bonchev–Trinajstić information content (AvgIpc) is 2.37. The number of likely N-dealkylation sites (N-methyl/N-ethyl adjacent to an activating group) is 1. The molecule has 0 aliphatic carbocycles. The molecule has 0 heterocycles. The highest BCUT2D eigenvalue weighted by atomic mass is 16.3. The molecule has 19 heavy (non-hydrogen) atoms. The first-order valence-electron chi connectivity index (χ1n) is 7.85. The first kappa shape index (κ1) is 18.9. The molecule has 3 nitrogen and oxygen atoms in total. The van der Waals surface area contributed by atoms with Gasteiger partial charge in [-0.2, -0.15) is 0 Å². The Morgan fingerprint density at radius 2 is 1.47 bits per heavy atom. The first-order valence-corrected chi connectivity index (χ1v) is 7.85. The van der Waals surface area contributed by atoms with Gasteiger partial charge in [0.25, 0.3) is 0 Å². The second-order valence-corrected chi connectivity index (χ2v) is 6.93. The quantitative estimate of drug-likeness (QED) is 0.607. The average molecular weight is 272 g/mol. The smallest absolute Gasteiger partial charge is 0.0610 e. The van der Waals surface area contributed by atoms with Crippen LogP contribution in [0.2, 0.25) is 0 Å². The Balaban J connectivity index is 4.23. The summed E-state index contributed by atoms with van der Waals surface area (Å²) in [7, 11) is 1.93. The minimum atomic E-state index is -0.145. The number of hydrogen-bond donors (Lipinski definition) is 2. The Bertz CT molecular complexity index is 201. The summed E-state index contributed by atoms with van der Waals surface area (Å²) in [6, 6.07) is 0.